The highest BCUT2D eigenvalue weighted by Crippen LogP contribution is 2.49. The number of benzene rings is 4. The summed E-state index contributed by atoms with van der Waals surface area (Å²) in [6.45, 7) is 4.66. The van der Waals surface area contributed by atoms with E-state index in [9.17, 15) is 0 Å². The third kappa shape index (κ3) is 3.90. The summed E-state index contributed by atoms with van der Waals surface area (Å²) in [5.41, 5.74) is 11.9. The van der Waals surface area contributed by atoms with Gasteiger partial charge in [-0.25, -0.2) is 0 Å². The zero-order valence-corrected chi connectivity index (χ0v) is 21.2. The van der Waals surface area contributed by atoms with Gasteiger partial charge in [0, 0.05) is 16.8 Å². The van der Waals surface area contributed by atoms with Crippen molar-refractivity contribution in [2.75, 3.05) is 5.32 Å². The fourth-order valence-corrected chi connectivity index (χ4v) is 6.38. The van der Waals surface area contributed by atoms with Gasteiger partial charge in [-0.15, -0.1) is 0 Å². The van der Waals surface area contributed by atoms with Gasteiger partial charge in [-0.3, -0.25) is 0 Å². The molecule has 35 heavy (non-hydrogen) atoms. The molecule has 1 N–H and O–H groups in total. The average molecular weight is 455 g/mol. The summed E-state index contributed by atoms with van der Waals surface area (Å²) in [4.78, 5) is 0. The second kappa shape index (κ2) is 8.45. The lowest BCUT2D eigenvalue weighted by molar-refractivity contribution is 0.398. The van der Waals surface area contributed by atoms with Crippen molar-refractivity contribution >= 4 is 19.2 Å². The lowest BCUT2D eigenvalue weighted by Crippen LogP contribution is -2.29. The van der Waals surface area contributed by atoms with Crippen molar-refractivity contribution < 1.29 is 0 Å². The minimum Gasteiger partial charge on any atom is -0.356 e. The van der Waals surface area contributed by atoms with Gasteiger partial charge < -0.3 is 5.32 Å². The maximum Gasteiger partial charge on any atom is 0.115 e. The van der Waals surface area contributed by atoms with Gasteiger partial charge in [0.1, 0.15) is 7.85 Å². The van der Waals surface area contributed by atoms with Gasteiger partial charge in [-0.2, -0.15) is 0 Å². The van der Waals surface area contributed by atoms with E-state index in [1.165, 1.54) is 71.0 Å². The van der Waals surface area contributed by atoms with Gasteiger partial charge in [0.25, 0.3) is 0 Å². The molecule has 1 nitrogen and oxygen atoms in total. The molecule has 0 heterocycles. The van der Waals surface area contributed by atoms with Crippen molar-refractivity contribution in [3.8, 4) is 22.3 Å². The highest BCUT2D eigenvalue weighted by atomic mass is 14.9. The predicted molar refractivity (Wildman–Crippen MR) is 152 cm³/mol. The van der Waals surface area contributed by atoms with E-state index in [2.05, 4.69) is 118 Å². The van der Waals surface area contributed by atoms with Crippen molar-refractivity contribution in [2.45, 2.75) is 56.7 Å². The standard InChI is InChI=1S/C33H34BN/c1-32(2)30-9-5-4-8-28(30)29-19-18-27(22-31(29)32)35-26-16-12-24(13-17-26)23-10-14-25(15-11-23)33(34)20-6-3-7-21-33/h4-5,8-19,22,35H,3,6-7,20-21,34H2,1-2H3. The predicted octanol–water partition coefficient (Wildman–Crippen LogP) is 8.20. The number of fused-ring (bicyclic) bond motifs is 3. The van der Waals surface area contributed by atoms with Crippen LogP contribution in [0.4, 0.5) is 11.4 Å². The van der Waals surface area contributed by atoms with E-state index < -0.39 is 0 Å². The van der Waals surface area contributed by atoms with Gasteiger partial charge >= 0.3 is 0 Å². The summed E-state index contributed by atoms with van der Waals surface area (Å²) in [6.07, 6.45) is 6.75. The Bertz CT molecular complexity index is 1360. The quantitative estimate of drug-likeness (QED) is 0.306. The third-order valence-corrected chi connectivity index (χ3v) is 8.63. The Hall–Kier alpha value is -3.26. The van der Waals surface area contributed by atoms with Gasteiger partial charge in [-0.1, -0.05) is 113 Å². The summed E-state index contributed by atoms with van der Waals surface area (Å²) in [7, 11) is 2.44. The van der Waals surface area contributed by atoms with Crippen LogP contribution in [0.3, 0.4) is 0 Å². The first-order valence-electron chi connectivity index (χ1n) is 13.2. The molecule has 0 radical (unpaired) electrons. The number of nitrogens with one attached hydrogen (secondary N) is 1. The zero-order chi connectivity index (χ0) is 24.0. The largest absolute Gasteiger partial charge is 0.356 e. The molecule has 6 rings (SSSR count). The Morgan fingerprint density at radius 2 is 1.23 bits per heavy atom. The highest BCUT2D eigenvalue weighted by molar-refractivity contribution is 6.16. The second-order valence-electron chi connectivity index (χ2n) is 11.3. The van der Waals surface area contributed by atoms with Gasteiger partial charge in [0.05, 0.1) is 0 Å². The van der Waals surface area contributed by atoms with Crippen molar-refractivity contribution in [2.24, 2.45) is 0 Å². The van der Waals surface area contributed by atoms with Crippen molar-refractivity contribution in [3.05, 3.63) is 108 Å². The van der Waals surface area contributed by atoms with Crippen LogP contribution >= 0.6 is 0 Å². The lowest BCUT2D eigenvalue weighted by Gasteiger charge is -2.34. The van der Waals surface area contributed by atoms with Crippen LogP contribution in [0, 0.1) is 0 Å². The van der Waals surface area contributed by atoms with E-state index >= 15 is 0 Å². The maximum atomic E-state index is 3.63. The molecule has 2 heteroatoms. The van der Waals surface area contributed by atoms with Crippen LogP contribution in [0.25, 0.3) is 22.3 Å². The second-order valence-corrected chi connectivity index (χ2v) is 11.3. The Morgan fingerprint density at radius 3 is 1.94 bits per heavy atom. The number of hydrogen-bond donors (Lipinski definition) is 1. The summed E-state index contributed by atoms with van der Waals surface area (Å²) in [6, 6.07) is 33.8. The minimum absolute atomic E-state index is 0.0222. The smallest absolute Gasteiger partial charge is 0.115 e. The lowest BCUT2D eigenvalue weighted by atomic mass is 9.57. The Kier molecular flexibility index (Phi) is 5.36. The van der Waals surface area contributed by atoms with Crippen LogP contribution in [-0.4, -0.2) is 7.85 Å². The fraction of sp³-hybridized carbons (Fsp3) is 0.273. The van der Waals surface area contributed by atoms with Crippen molar-refractivity contribution in [3.63, 3.8) is 0 Å². The van der Waals surface area contributed by atoms with Gasteiger partial charge in [0.15, 0.2) is 0 Å². The summed E-state index contributed by atoms with van der Waals surface area (Å²) < 4.78 is 0. The first-order chi connectivity index (χ1) is 16.9. The topological polar surface area (TPSA) is 12.0 Å². The van der Waals surface area contributed by atoms with Crippen LogP contribution in [0.2, 0.25) is 0 Å². The van der Waals surface area contributed by atoms with Crippen molar-refractivity contribution in [1.29, 1.82) is 0 Å². The molecule has 0 bridgehead atoms. The molecule has 0 unspecified atom stereocenters. The SMILES string of the molecule is BC1(c2ccc(-c3ccc(Nc4ccc5c(c4)C(C)(C)c4ccccc4-5)cc3)cc2)CCCCC1. The molecule has 0 saturated heterocycles. The number of anilines is 2. The summed E-state index contributed by atoms with van der Waals surface area (Å²) in [5, 5.41) is 3.99. The van der Waals surface area contributed by atoms with E-state index in [1.54, 1.807) is 0 Å². The van der Waals surface area contributed by atoms with Gasteiger partial charge in [-0.05, 0) is 68.5 Å². The van der Waals surface area contributed by atoms with E-state index in [0.717, 1.165) is 11.4 Å². The molecule has 1 saturated carbocycles. The highest BCUT2D eigenvalue weighted by Gasteiger charge is 2.35. The molecule has 2 aliphatic carbocycles. The molecular weight excluding hydrogens is 421 g/mol. The molecule has 0 spiro atoms. The number of rotatable bonds is 4. The van der Waals surface area contributed by atoms with Gasteiger partial charge in [0.2, 0.25) is 0 Å². The molecule has 4 aromatic carbocycles. The Morgan fingerprint density at radius 1 is 0.629 bits per heavy atom. The Balaban J connectivity index is 1.20. The third-order valence-electron chi connectivity index (χ3n) is 8.63. The van der Waals surface area contributed by atoms with E-state index in [0.29, 0.717) is 5.31 Å². The molecule has 0 amide bonds. The average Bonchev–Trinajstić information content (AvgIpc) is 3.12. The maximum absolute atomic E-state index is 3.63. The first-order valence-corrected chi connectivity index (χ1v) is 13.2. The molecule has 1 fully saturated rings. The Labute approximate surface area is 211 Å². The zero-order valence-electron chi connectivity index (χ0n) is 21.2. The molecule has 0 aliphatic heterocycles. The molecule has 2 aliphatic rings. The molecule has 4 aromatic rings. The van der Waals surface area contributed by atoms with E-state index in [-0.39, 0.29) is 5.41 Å². The normalized spacial score (nSPS) is 17.4. The van der Waals surface area contributed by atoms with Crippen LogP contribution in [-0.2, 0) is 10.7 Å². The van der Waals surface area contributed by atoms with Crippen LogP contribution in [0.5, 0.6) is 0 Å². The van der Waals surface area contributed by atoms with Crippen LogP contribution in [0.15, 0.2) is 91.0 Å². The molecule has 174 valence electrons. The summed E-state index contributed by atoms with van der Waals surface area (Å²) in [5.74, 6) is 0. The van der Waals surface area contributed by atoms with Crippen molar-refractivity contribution in [1.82, 2.24) is 0 Å². The fourth-order valence-electron chi connectivity index (χ4n) is 6.38. The van der Waals surface area contributed by atoms with Crippen LogP contribution < -0.4 is 5.32 Å². The molecular formula is C33H34BN. The molecule has 0 atom stereocenters. The minimum atomic E-state index is 0.0222. The van der Waals surface area contributed by atoms with E-state index in [4.69, 9.17) is 0 Å². The molecule has 0 aromatic heterocycles. The number of hydrogen-bond acceptors (Lipinski definition) is 1. The van der Waals surface area contributed by atoms with E-state index in [1.807, 2.05) is 0 Å². The van der Waals surface area contributed by atoms with Crippen LogP contribution in [0.1, 0.15) is 62.6 Å². The summed E-state index contributed by atoms with van der Waals surface area (Å²) >= 11 is 0. The monoisotopic (exact) mass is 455 g/mol. The first kappa shape index (κ1) is 22.2.